The lowest BCUT2D eigenvalue weighted by Gasteiger charge is -2.28. The largest absolute Gasteiger partial charge is 0.391 e. The first-order valence-corrected chi connectivity index (χ1v) is 8.32. The Balaban J connectivity index is 2.25. The number of nitro benzene ring substituents is 1. The highest BCUT2D eigenvalue weighted by molar-refractivity contribution is 7.89. The molecule has 0 heterocycles. The number of non-ortho nitro benzene ring substituents is 1. The van der Waals surface area contributed by atoms with Crippen LogP contribution < -0.4 is 4.72 Å². The van der Waals surface area contributed by atoms with Gasteiger partial charge in [0.15, 0.2) is 0 Å². The van der Waals surface area contributed by atoms with Gasteiger partial charge >= 0.3 is 0 Å². The third-order valence-corrected chi connectivity index (χ3v) is 5.42. The topological polar surface area (TPSA) is 110 Å². The van der Waals surface area contributed by atoms with Gasteiger partial charge in [0.1, 0.15) is 4.90 Å². The summed E-state index contributed by atoms with van der Waals surface area (Å²) in [5, 5.41) is 20.2. The van der Waals surface area contributed by atoms with Crippen molar-refractivity contribution in [2.75, 3.05) is 0 Å². The fourth-order valence-electron chi connectivity index (χ4n) is 2.33. The van der Waals surface area contributed by atoms with E-state index in [0.29, 0.717) is 12.8 Å². The van der Waals surface area contributed by atoms with Crippen molar-refractivity contribution < 1.29 is 18.4 Å². The van der Waals surface area contributed by atoms with Crippen LogP contribution in [0.25, 0.3) is 0 Å². The number of sulfonamides is 1. The summed E-state index contributed by atoms with van der Waals surface area (Å²) in [5.41, 5.74) is -0.281. The highest BCUT2D eigenvalue weighted by atomic mass is 35.5. The maximum absolute atomic E-state index is 12.3. The highest BCUT2D eigenvalue weighted by Crippen LogP contribution is 2.27. The molecule has 2 atom stereocenters. The highest BCUT2D eigenvalue weighted by Gasteiger charge is 2.29. The second kappa shape index (κ2) is 6.27. The van der Waals surface area contributed by atoms with Gasteiger partial charge in [-0.05, 0) is 18.9 Å². The Labute approximate surface area is 127 Å². The summed E-state index contributed by atoms with van der Waals surface area (Å²) in [6.07, 6.45) is 2.05. The van der Waals surface area contributed by atoms with Crippen LogP contribution in [0, 0.1) is 10.1 Å². The van der Waals surface area contributed by atoms with Crippen LogP contribution in [0.5, 0.6) is 0 Å². The second-order valence-corrected chi connectivity index (χ2v) is 7.04. The first-order valence-electron chi connectivity index (χ1n) is 6.45. The summed E-state index contributed by atoms with van der Waals surface area (Å²) in [7, 11) is -3.93. The van der Waals surface area contributed by atoms with Crippen LogP contribution in [0.2, 0.25) is 5.02 Å². The predicted octanol–water partition coefficient (Wildman–Crippen LogP) is 1.83. The lowest BCUT2D eigenvalue weighted by atomic mass is 9.93. The number of aliphatic hydroxyl groups is 1. The molecule has 2 rings (SSSR count). The SMILES string of the molecule is O=[N+]([O-])c1ccc(S(=O)(=O)N[C@@H]2CCCC[C@H]2O)c(Cl)c1. The number of aliphatic hydroxyl groups excluding tert-OH is 1. The van der Waals surface area contributed by atoms with E-state index in [0.717, 1.165) is 31.0 Å². The monoisotopic (exact) mass is 334 g/mol. The number of nitrogens with one attached hydrogen (secondary N) is 1. The van der Waals surface area contributed by atoms with Crippen molar-refractivity contribution in [2.24, 2.45) is 0 Å². The van der Waals surface area contributed by atoms with Gasteiger partial charge in [-0.3, -0.25) is 10.1 Å². The van der Waals surface area contributed by atoms with Gasteiger partial charge in [0.25, 0.3) is 5.69 Å². The third kappa shape index (κ3) is 3.70. The Kier molecular flexibility index (Phi) is 4.82. The van der Waals surface area contributed by atoms with Gasteiger partial charge in [-0.2, -0.15) is 0 Å². The van der Waals surface area contributed by atoms with Crippen LogP contribution in [0.1, 0.15) is 25.7 Å². The fourth-order valence-corrected chi connectivity index (χ4v) is 4.18. The molecular formula is C12H15ClN2O5S. The van der Waals surface area contributed by atoms with Crippen LogP contribution in [-0.2, 0) is 10.0 Å². The van der Waals surface area contributed by atoms with E-state index >= 15 is 0 Å². The Morgan fingerprint density at radius 3 is 2.57 bits per heavy atom. The van der Waals surface area contributed by atoms with Gasteiger partial charge in [-0.1, -0.05) is 24.4 Å². The van der Waals surface area contributed by atoms with Crippen LogP contribution in [0.15, 0.2) is 23.1 Å². The summed E-state index contributed by atoms with van der Waals surface area (Å²) in [6, 6.07) is 2.61. The molecule has 0 unspecified atom stereocenters. The molecule has 0 aliphatic heterocycles. The maximum Gasteiger partial charge on any atom is 0.271 e. The number of benzene rings is 1. The summed E-state index contributed by atoms with van der Waals surface area (Å²) < 4.78 is 27.0. The van der Waals surface area contributed by atoms with Gasteiger partial charge in [0, 0.05) is 18.2 Å². The van der Waals surface area contributed by atoms with E-state index in [1.54, 1.807) is 0 Å². The summed E-state index contributed by atoms with van der Waals surface area (Å²) in [4.78, 5) is 9.74. The molecule has 2 N–H and O–H groups in total. The zero-order chi connectivity index (χ0) is 15.6. The van der Waals surface area contributed by atoms with Crippen molar-refractivity contribution in [3.8, 4) is 0 Å². The molecule has 0 amide bonds. The molecule has 0 aromatic heterocycles. The van der Waals surface area contributed by atoms with Gasteiger partial charge in [-0.25, -0.2) is 13.1 Å². The minimum atomic E-state index is -3.93. The van der Waals surface area contributed by atoms with Gasteiger partial charge in [0.2, 0.25) is 10.0 Å². The zero-order valence-electron chi connectivity index (χ0n) is 11.0. The molecule has 1 aromatic carbocycles. The number of nitro groups is 1. The Morgan fingerprint density at radius 1 is 1.33 bits per heavy atom. The van der Waals surface area contributed by atoms with Crippen molar-refractivity contribution >= 4 is 27.3 Å². The molecular weight excluding hydrogens is 320 g/mol. The molecule has 0 spiro atoms. The average molecular weight is 335 g/mol. The molecule has 0 radical (unpaired) electrons. The Bertz CT molecular complexity index is 649. The van der Waals surface area contributed by atoms with E-state index in [1.165, 1.54) is 0 Å². The number of hydrogen-bond acceptors (Lipinski definition) is 5. The van der Waals surface area contributed by atoms with Crippen LogP contribution in [-0.4, -0.2) is 30.6 Å². The summed E-state index contributed by atoms with van der Waals surface area (Å²) in [5.74, 6) is 0. The zero-order valence-corrected chi connectivity index (χ0v) is 12.6. The van der Waals surface area contributed by atoms with Gasteiger partial charge in [-0.15, -0.1) is 0 Å². The first-order chi connectivity index (χ1) is 9.81. The molecule has 21 heavy (non-hydrogen) atoms. The maximum atomic E-state index is 12.3. The molecule has 9 heteroatoms. The van der Waals surface area contributed by atoms with Crippen molar-refractivity contribution in [1.29, 1.82) is 0 Å². The molecule has 0 bridgehead atoms. The average Bonchev–Trinajstić information content (AvgIpc) is 2.40. The predicted molar refractivity (Wildman–Crippen MR) is 76.7 cm³/mol. The molecule has 1 aromatic rings. The van der Waals surface area contributed by atoms with Crippen molar-refractivity contribution in [1.82, 2.24) is 4.72 Å². The minimum absolute atomic E-state index is 0.220. The van der Waals surface area contributed by atoms with E-state index < -0.39 is 27.1 Å². The van der Waals surface area contributed by atoms with E-state index in [9.17, 15) is 23.6 Å². The summed E-state index contributed by atoms with van der Waals surface area (Å²) >= 11 is 5.83. The molecule has 1 aliphatic rings. The quantitative estimate of drug-likeness (QED) is 0.644. The molecule has 1 saturated carbocycles. The van der Waals surface area contributed by atoms with E-state index in [4.69, 9.17) is 11.6 Å². The standard InChI is InChI=1S/C12H15ClN2O5S/c13-9-7-8(15(17)18)5-6-12(9)21(19,20)14-10-3-1-2-4-11(10)16/h5-7,10-11,14,16H,1-4H2/t10-,11-/m1/s1. The number of hydrogen-bond donors (Lipinski definition) is 2. The van der Waals surface area contributed by atoms with E-state index in [-0.39, 0.29) is 15.6 Å². The van der Waals surface area contributed by atoms with Crippen molar-refractivity contribution in [3.63, 3.8) is 0 Å². The van der Waals surface area contributed by atoms with Gasteiger partial charge < -0.3 is 5.11 Å². The number of rotatable bonds is 4. The lowest BCUT2D eigenvalue weighted by molar-refractivity contribution is -0.384. The minimum Gasteiger partial charge on any atom is -0.391 e. The van der Waals surface area contributed by atoms with Gasteiger partial charge in [0.05, 0.1) is 16.0 Å². The lowest BCUT2D eigenvalue weighted by Crippen LogP contribution is -2.45. The number of halogens is 1. The number of nitrogens with zero attached hydrogens (tertiary/aromatic N) is 1. The van der Waals surface area contributed by atoms with Crippen LogP contribution >= 0.6 is 11.6 Å². The van der Waals surface area contributed by atoms with E-state index in [1.807, 2.05) is 0 Å². The molecule has 7 nitrogen and oxygen atoms in total. The van der Waals surface area contributed by atoms with E-state index in [2.05, 4.69) is 4.72 Å². The fraction of sp³-hybridized carbons (Fsp3) is 0.500. The first kappa shape index (κ1) is 16.2. The van der Waals surface area contributed by atoms with Crippen LogP contribution in [0.4, 0.5) is 5.69 Å². The molecule has 1 aliphatic carbocycles. The molecule has 0 saturated heterocycles. The second-order valence-electron chi connectivity index (χ2n) is 4.95. The molecule has 1 fully saturated rings. The van der Waals surface area contributed by atoms with Crippen molar-refractivity contribution in [2.45, 2.75) is 42.7 Å². The molecule has 116 valence electrons. The normalized spacial score (nSPS) is 23.0. The Hall–Kier alpha value is -1.22. The third-order valence-electron chi connectivity index (χ3n) is 3.45. The smallest absolute Gasteiger partial charge is 0.271 e. The summed E-state index contributed by atoms with van der Waals surface area (Å²) in [6.45, 7) is 0. The Morgan fingerprint density at radius 2 is 2.00 bits per heavy atom. The van der Waals surface area contributed by atoms with Crippen LogP contribution in [0.3, 0.4) is 0 Å². The van der Waals surface area contributed by atoms with Crippen molar-refractivity contribution in [3.05, 3.63) is 33.3 Å².